The Morgan fingerprint density at radius 1 is 1.14 bits per heavy atom. The molecule has 3 atom stereocenters. The lowest BCUT2D eigenvalue weighted by Gasteiger charge is -2.26. The van der Waals surface area contributed by atoms with Gasteiger partial charge in [-0.1, -0.05) is 32.0 Å². The highest BCUT2D eigenvalue weighted by atomic mass is 19.4. The van der Waals surface area contributed by atoms with Gasteiger partial charge >= 0.3 is 12.3 Å². The van der Waals surface area contributed by atoms with Crippen LogP contribution in [0.1, 0.15) is 56.3 Å². The van der Waals surface area contributed by atoms with E-state index in [2.05, 4.69) is 10.3 Å². The molecule has 0 spiro atoms. The van der Waals surface area contributed by atoms with Crippen LogP contribution in [0.4, 0.5) is 23.7 Å². The molecule has 9 heteroatoms. The fourth-order valence-electron chi connectivity index (χ4n) is 3.76. The summed E-state index contributed by atoms with van der Waals surface area (Å²) in [5, 5.41) is 11.9. The van der Waals surface area contributed by atoms with Crippen LogP contribution in [0.5, 0.6) is 0 Å². The Bertz CT molecular complexity index is 1150. The topological polar surface area (TPSA) is 91.5 Å². The van der Waals surface area contributed by atoms with E-state index in [1.54, 1.807) is 31.2 Å². The molecule has 0 radical (unpaired) electrons. The lowest BCUT2D eigenvalue weighted by Crippen LogP contribution is -2.39. The van der Waals surface area contributed by atoms with Gasteiger partial charge in [-0.15, -0.1) is 0 Å². The molecule has 1 N–H and O–H groups in total. The van der Waals surface area contributed by atoms with Gasteiger partial charge in [-0.25, -0.2) is 4.79 Å². The molecule has 3 rings (SSSR count). The van der Waals surface area contributed by atoms with Crippen molar-refractivity contribution < 1.29 is 27.5 Å². The second-order valence-corrected chi connectivity index (χ2v) is 8.81. The second kappa shape index (κ2) is 10.7. The van der Waals surface area contributed by atoms with Crippen LogP contribution < -0.4 is 5.32 Å². The minimum Gasteiger partial charge on any atom is -0.446 e. The van der Waals surface area contributed by atoms with Gasteiger partial charge in [0.25, 0.3) is 0 Å². The molecular formula is C26H26F3N3O3. The maximum absolute atomic E-state index is 13.1. The van der Waals surface area contributed by atoms with Crippen LogP contribution in [-0.2, 0) is 15.7 Å². The number of alkyl carbamates (subject to hydrolysis) is 1. The zero-order valence-electron chi connectivity index (χ0n) is 19.6. The van der Waals surface area contributed by atoms with E-state index >= 15 is 0 Å². The molecule has 2 aromatic rings. The Hall–Kier alpha value is -3.67. The standard InChI is InChI=1S/C26H26F3N3O3/c1-15(2)16(3)35-25(34)32-24(18-9-7-17(14-30)8-10-18)23-21(11-12-22(23)33)31-20-6-4-5-19(13-20)26(27,28)29/h4-10,13,15-16,23-24H,11-12H2,1-3H3,(H,32,34). The third-order valence-electron chi connectivity index (χ3n) is 6.02. The smallest absolute Gasteiger partial charge is 0.416 e. The summed E-state index contributed by atoms with van der Waals surface area (Å²) in [5.74, 6) is -1.01. The monoisotopic (exact) mass is 485 g/mol. The summed E-state index contributed by atoms with van der Waals surface area (Å²) >= 11 is 0. The van der Waals surface area contributed by atoms with Crippen LogP contribution in [0.25, 0.3) is 0 Å². The van der Waals surface area contributed by atoms with Crippen LogP contribution in [0, 0.1) is 23.2 Å². The molecular weight excluding hydrogens is 459 g/mol. The van der Waals surface area contributed by atoms with Crippen LogP contribution >= 0.6 is 0 Å². The maximum Gasteiger partial charge on any atom is 0.416 e. The summed E-state index contributed by atoms with van der Waals surface area (Å²) in [7, 11) is 0. The van der Waals surface area contributed by atoms with Crippen LogP contribution in [-0.4, -0.2) is 23.7 Å². The van der Waals surface area contributed by atoms with E-state index in [-0.39, 0.29) is 36.3 Å². The zero-order valence-corrected chi connectivity index (χ0v) is 19.6. The van der Waals surface area contributed by atoms with Crippen LogP contribution in [0.3, 0.4) is 0 Å². The molecule has 0 heterocycles. The highest BCUT2D eigenvalue weighted by Crippen LogP contribution is 2.35. The molecule has 1 aliphatic carbocycles. The number of benzene rings is 2. The third kappa shape index (κ3) is 6.47. The number of ketones is 1. The molecule has 2 aromatic carbocycles. The number of alkyl halides is 3. The summed E-state index contributed by atoms with van der Waals surface area (Å²) in [4.78, 5) is 30.0. The predicted molar refractivity (Wildman–Crippen MR) is 124 cm³/mol. The predicted octanol–water partition coefficient (Wildman–Crippen LogP) is 6.14. The summed E-state index contributed by atoms with van der Waals surface area (Å²) in [6.45, 7) is 5.55. The number of carbonyl (C=O) groups excluding carboxylic acids is 2. The number of nitriles is 1. The van der Waals surface area contributed by atoms with Crippen molar-refractivity contribution in [1.29, 1.82) is 5.26 Å². The largest absolute Gasteiger partial charge is 0.446 e. The van der Waals surface area contributed by atoms with Gasteiger partial charge in [0.15, 0.2) is 0 Å². The number of rotatable bonds is 6. The fourth-order valence-corrected chi connectivity index (χ4v) is 3.76. The van der Waals surface area contributed by atoms with Crippen molar-refractivity contribution in [2.45, 2.75) is 51.9 Å². The first-order valence-corrected chi connectivity index (χ1v) is 11.2. The van der Waals surface area contributed by atoms with Crippen molar-refractivity contribution in [1.82, 2.24) is 5.32 Å². The van der Waals surface area contributed by atoms with Crippen molar-refractivity contribution in [2.24, 2.45) is 16.8 Å². The quantitative estimate of drug-likeness (QED) is 0.532. The van der Waals surface area contributed by atoms with Gasteiger partial charge in [0.05, 0.1) is 34.8 Å². The Labute approximate surface area is 201 Å². The molecule has 1 amide bonds. The SMILES string of the molecule is CC(C)C(C)OC(=O)NC(c1ccc(C#N)cc1)C1C(=O)CCC1=Nc1cccc(C(F)(F)F)c1. The zero-order chi connectivity index (χ0) is 25.8. The molecule has 0 aliphatic heterocycles. The molecule has 6 nitrogen and oxygen atoms in total. The van der Waals surface area contributed by atoms with E-state index < -0.39 is 29.8 Å². The van der Waals surface area contributed by atoms with E-state index in [1.807, 2.05) is 19.9 Å². The number of amides is 1. The number of hydrogen-bond acceptors (Lipinski definition) is 5. The highest BCUT2D eigenvalue weighted by molar-refractivity contribution is 6.12. The van der Waals surface area contributed by atoms with Gasteiger partial charge in [-0.3, -0.25) is 9.79 Å². The van der Waals surface area contributed by atoms with Crippen molar-refractivity contribution >= 4 is 23.3 Å². The average Bonchev–Trinajstić information content (AvgIpc) is 3.16. The normalized spacial score (nSPS) is 18.9. The first-order chi connectivity index (χ1) is 16.5. The van der Waals surface area contributed by atoms with E-state index in [0.717, 1.165) is 12.1 Å². The minimum atomic E-state index is -4.52. The van der Waals surface area contributed by atoms with Crippen molar-refractivity contribution in [3.8, 4) is 6.07 Å². The van der Waals surface area contributed by atoms with E-state index in [4.69, 9.17) is 10.00 Å². The van der Waals surface area contributed by atoms with Crippen molar-refractivity contribution in [3.05, 3.63) is 65.2 Å². The Kier molecular flexibility index (Phi) is 7.95. The summed E-state index contributed by atoms with van der Waals surface area (Å²) in [5.41, 5.74) is 0.562. The third-order valence-corrected chi connectivity index (χ3v) is 6.02. The molecule has 3 unspecified atom stereocenters. The minimum absolute atomic E-state index is 0.0697. The highest BCUT2D eigenvalue weighted by Gasteiger charge is 2.40. The van der Waals surface area contributed by atoms with Gasteiger partial charge in [0.1, 0.15) is 11.9 Å². The molecule has 35 heavy (non-hydrogen) atoms. The molecule has 1 saturated carbocycles. The lowest BCUT2D eigenvalue weighted by atomic mass is 9.89. The number of aliphatic imine (C=N–C) groups is 1. The molecule has 1 fully saturated rings. The van der Waals surface area contributed by atoms with Crippen LogP contribution in [0.2, 0.25) is 0 Å². The van der Waals surface area contributed by atoms with Gasteiger partial charge in [-0.05, 0) is 55.2 Å². The van der Waals surface area contributed by atoms with Crippen LogP contribution in [0.15, 0.2) is 53.5 Å². The number of nitrogens with one attached hydrogen (secondary N) is 1. The molecule has 1 aliphatic rings. The summed E-state index contributed by atoms with van der Waals surface area (Å²) in [6, 6.07) is 12.1. The molecule has 0 saturated heterocycles. The Morgan fingerprint density at radius 2 is 1.83 bits per heavy atom. The van der Waals surface area contributed by atoms with E-state index in [1.165, 1.54) is 12.1 Å². The molecule has 184 valence electrons. The first kappa shape index (κ1) is 25.9. The number of hydrogen-bond donors (Lipinski definition) is 1. The number of ether oxygens (including phenoxy) is 1. The van der Waals surface area contributed by atoms with E-state index in [9.17, 15) is 22.8 Å². The maximum atomic E-state index is 13.1. The number of nitrogens with zero attached hydrogens (tertiary/aromatic N) is 2. The Balaban J connectivity index is 1.99. The van der Waals surface area contributed by atoms with Gasteiger partial charge in [0, 0.05) is 12.1 Å². The number of halogens is 3. The van der Waals surface area contributed by atoms with Gasteiger partial charge in [-0.2, -0.15) is 18.4 Å². The van der Waals surface area contributed by atoms with Crippen molar-refractivity contribution in [2.75, 3.05) is 0 Å². The molecule has 0 bridgehead atoms. The summed E-state index contributed by atoms with van der Waals surface area (Å²) < 4.78 is 44.9. The van der Waals surface area contributed by atoms with Gasteiger partial charge < -0.3 is 10.1 Å². The summed E-state index contributed by atoms with van der Waals surface area (Å²) in [6.07, 6.45) is -5.22. The average molecular weight is 486 g/mol. The number of carbonyl (C=O) groups is 2. The molecule has 0 aromatic heterocycles. The number of Topliss-reactive ketones (excluding diaryl/α,β-unsaturated/α-hetero) is 1. The second-order valence-electron chi connectivity index (χ2n) is 8.81. The Morgan fingerprint density at radius 3 is 2.43 bits per heavy atom. The fraction of sp³-hybridized carbons (Fsp3) is 0.385. The van der Waals surface area contributed by atoms with Crippen molar-refractivity contribution in [3.63, 3.8) is 0 Å². The van der Waals surface area contributed by atoms with E-state index in [0.29, 0.717) is 16.8 Å². The first-order valence-electron chi connectivity index (χ1n) is 11.2. The lowest BCUT2D eigenvalue weighted by molar-refractivity contribution is -0.137. The van der Waals surface area contributed by atoms with Gasteiger partial charge in [0.2, 0.25) is 0 Å².